The van der Waals surface area contributed by atoms with Gasteiger partial charge in [0.05, 0.1) is 37.3 Å². The monoisotopic (exact) mass is 330 g/mol. The van der Waals surface area contributed by atoms with Gasteiger partial charge in [-0.25, -0.2) is 0 Å². The van der Waals surface area contributed by atoms with Crippen molar-refractivity contribution >= 4 is 5.57 Å². The van der Waals surface area contributed by atoms with Crippen LogP contribution in [0.3, 0.4) is 0 Å². The van der Waals surface area contributed by atoms with E-state index in [0.29, 0.717) is 5.57 Å². The van der Waals surface area contributed by atoms with Gasteiger partial charge in [0.2, 0.25) is 0 Å². The summed E-state index contributed by atoms with van der Waals surface area (Å²) in [5.74, 6) is 1.54. The Morgan fingerprint density at radius 3 is 2.04 bits per heavy atom. The van der Waals surface area contributed by atoms with E-state index in [4.69, 9.17) is 9.47 Å². The van der Waals surface area contributed by atoms with Gasteiger partial charge in [0.15, 0.2) is 0 Å². The van der Waals surface area contributed by atoms with Crippen LogP contribution in [-0.4, -0.2) is 14.2 Å². The smallest absolute Gasteiger partial charge is 0.118 e. The summed E-state index contributed by atoms with van der Waals surface area (Å²) in [5, 5.41) is 19.2. The first-order valence-corrected chi connectivity index (χ1v) is 7.99. The molecule has 0 saturated heterocycles. The Balaban J connectivity index is 1.87. The summed E-state index contributed by atoms with van der Waals surface area (Å²) in [7, 11) is 3.22. The van der Waals surface area contributed by atoms with Crippen LogP contribution in [0, 0.1) is 28.6 Å². The van der Waals surface area contributed by atoms with Gasteiger partial charge in [-0.05, 0) is 53.9 Å². The Kier molecular flexibility index (Phi) is 4.46. The first-order valence-electron chi connectivity index (χ1n) is 7.99. The summed E-state index contributed by atoms with van der Waals surface area (Å²) in [4.78, 5) is 0. The van der Waals surface area contributed by atoms with Crippen molar-refractivity contribution in [2.24, 2.45) is 5.92 Å². The van der Waals surface area contributed by atoms with Gasteiger partial charge in [-0.2, -0.15) is 10.5 Å². The van der Waals surface area contributed by atoms with Crippen molar-refractivity contribution in [2.75, 3.05) is 14.2 Å². The topological polar surface area (TPSA) is 66.0 Å². The molecule has 124 valence electrons. The molecule has 2 atom stereocenters. The van der Waals surface area contributed by atoms with Gasteiger partial charge >= 0.3 is 0 Å². The molecule has 2 aromatic carbocycles. The summed E-state index contributed by atoms with van der Waals surface area (Å²) in [6.45, 7) is 0. The van der Waals surface area contributed by atoms with E-state index in [9.17, 15) is 10.5 Å². The molecule has 0 N–H and O–H groups in total. The number of rotatable bonds is 5. The van der Waals surface area contributed by atoms with Crippen LogP contribution in [0.25, 0.3) is 5.57 Å². The first-order chi connectivity index (χ1) is 12.2. The lowest BCUT2D eigenvalue weighted by molar-refractivity contribution is 0.414. The Bertz CT molecular complexity index is 870. The molecule has 1 aliphatic carbocycles. The third kappa shape index (κ3) is 3.07. The highest BCUT2D eigenvalue weighted by atomic mass is 16.5. The molecule has 2 unspecified atom stereocenters. The number of nitrogens with zero attached hydrogens (tertiary/aromatic N) is 2. The predicted octanol–water partition coefficient (Wildman–Crippen LogP) is 4.09. The number of nitriles is 2. The maximum absolute atomic E-state index is 9.72. The minimum Gasteiger partial charge on any atom is -0.497 e. The standard InChI is InChI=1S/C21H18N2O2/c1-24-19-7-3-15(4-8-19)16(13-22)11-18-12-21(18,14-23)17-5-9-20(25-2)10-6-17/h3-11,18H,12H2,1-2H3/b16-11+. The van der Waals surface area contributed by atoms with E-state index in [-0.39, 0.29) is 5.92 Å². The molecular weight excluding hydrogens is 312 g/mol. The van der Waals surface area contributed by atoms with Gasteiger partial charge in [-0.3, -0.25) is 0 Å². The number of allylic oxidation sites excluding steroid dienone is 2. The minimum absolute atomic E-state index is 0.0302. The van der Waals surface area contributed by atoms with E-state index in [1.807, 2.05) is 54.6 Å². The Morgan fingerprint density at radius 2 is 1.56 bits per heavy atom. The Hall–Kier alpha value is -3.24. The largest absolute Gasteiger partial charge is 0.497 e. The highest BCUT2D eigenvalue weighted by Crippen LogP contribution is 2.55. The predicted molar refractivity (Wildman–Crippen MR) is 95.0 cm³/mol. The molecule has 1 saturated carbocycles. The summed E-state index contributed by atoms with van der Waals surface area (Å²) < 4.78 is 10.3. The van der Waals surface area contributed by atoms with Crippen molar-refractivity contribution in [3.05, 3.63) is 65.7 Å². The van der Waals surface area contributed by atoms with Gasteiger partial charge < -0.3 is 9.47 Å². The van der Waals surface area contributed by atoms with Crippen LogP contribution in [-0.2, 0) is 5.41 Å². The number of ether oxygens (including phenoxy) is 2. The van der Waals surface area contributed by atoms with Crippen LogP contribution < -0.4 is 9.47 Å². The molecule has 0 aromatic heterocycles. The van der Waals surface area contributed by atoms with Gasteiger partial charge in [0.25, 0.3) is 0 Å². The molecule has 0 aliphatic heterocycles. The Labute approximate surface area is 147 Å². The zero-order valence-corrected chi connectivity index (χ0v) is 14.2. The summed E-state index contributed by atoms with van der Waals surface area (Å²) >= 11 is 0. The van der Waals surface area contributed by atoms with E-state index >= 15 is 0 Å². The van der Waals surface area contributed by atoms with Crippen LogP contribution in [0.4, 0.5) is 0 Å². The van der Waals surface area contributed by atoms with Crippen molar-refractivity contribution in [3.8, 4) is 23.6 Å². The average Bonchev–Trinajstić information content (AvgIpc) is 3.40. The molecule has 1 fully saturated rings. The SMILES string of the molecule is COc1ccc(/C(C#N)=C/C2CC2(C#N)c2ccc(OC)cc2)cc1. The molecule has 2 aromatic rings. The van der Waals surface area contributed by atoms with Crippen molar-refractivity contribution in [1.82, 2.24) is 0 Å². The average molecular weight is 330 g/mol. The van der Waals surface area contributed by atoms with Crippen LogP contribution in [0.5, 0.6) is 11.5 Å². The molecule has 25 heavy (non-hydrogen) atoms. The second-order valence-electron chi connectivity index (χ2n) is 6.04. The summed E-state index contributed by atoms with van der Waals surface area (Å²) in [6, 6.07) is 19.6. The maximum atomic E-state index is 9.72. The van der Waals surface area contributed by atoms with Crippen LogP contribution >= 0.6 is 0 Å². The number of hydrogen-bond donors (Lipinski definition) is 0. The second-order valence-corrected chi connectivity index (χ2v) is 6.04. The summed E-state index contributed by atoms with van der Waals surface area (Å²) in [6.07, 6.45) is 2.63. The Morgan fingerprint density at radius 1 is 1.00 bits per heavy atom. The van der Waals surface area contributed by atoms with Gasteiger partial charge in [0.1, 0.15) is 11.5 Å². The van der Waals surface area contributed by atoms with Gasteiger partial charge in [-0.15, -0.1) is 0 Å². The fourth-order valence-corrected chi connectivity index (χ4v) is 3.07. The molecular formula is C21H18N2O2. The highest BCUT2D eigenvalue weighted by molar-refractivity contribution is 5.78. The lowest BCUT2D eigenvalue weighted by atomic mass is 9.93. The fourth-order valence-electron chi connectivity index (χ4n) is 3.07. The lowest BCUT2D eigenvalue weighted by Crippen LogP contribution is -2.06. The van der Waals surface area contributed by atoms with Gasteiger partial charge in [0, 0.05) is 5.92 Å². The molecule has 0 bridgehead atoms. The quantitative estimate of drug-likeness (QED) is 0.774. The third-order valence-electron chi connectivity index (χ3n) is 4.71. The normalized spacial score (nSPS) is 21.8. The van der Waals surface area contributed by atoms with Gasteiger partial charge in [-0.1, -0.05) is 18.2 Å². The molecule has 1 aliphatic rings. The molecule has 0 heterocycles. The molecule has 4 heteroatoms. The number of methoxy groups -OCH3 is 2. The van der Waals surface area contributed by atoms with E-state index in [1.165, 1.54) is 0 Å². The maximum Gasteiger partial charge on any atom is 0.118 e. The lowest BCUT2D eigenvalue weighted by Gasteiger charge is -2.09. The van der Waals surface area contributed by atoms with E-state index in [2.05, 4.69) is 12.1 Å². The number of hydrogen-bond acceptors (Lipinski definition) is 4. The first kappa shape index (κ1) is 16.6. The van der Waals surface area contributed by atoms with Crippen LogP contribution in [0.1, 0.15) is 17.5 Å². The number of benzene rings is 2. The van der Waals surface area contributed by atoms with Crippen molar-refractivity contribution < 1.29 is 9.47 Å². The molecule has 0 radical (unpaired) electrons. The second kappa shape index (κ2) is 6.71. The highest BCUT2D eigenvalue weighted by Gasteiger charge is 2.55. The third-order valence-corrected chi connectivity index (χ3v) is 4.71. The van der Waals surface area contributed by atoms with Crippen LogP contribution in [0.15, 0.2) is 54.6 Å². The zero-order chi connectivity index (χ0) is 17.9. The summed E-state index contributed by atoms with van der Waals surface area (Å²) in [5.41, 5.74) is 1.82. The van der Waals surface area contributed by atoms with Crippen molar-refractivity contribution in [3.63, 3.8) is 0 Å². The molecule has 0 spiro atoms. The molecule has 3 rings (SSSR count). The van der Waals surface area contributed by atoms with E-state index in [0.717, 1.165) is 29.0 Å². The minimum atomic E-state index is -0.555. The zero-order valence-electron chi connectivity index (χ0n) is 14.2. The fraction of sp³-hybridized carbons (Fsp3) is 0.238. The van der Waals surface area contributed by atoms with Crippen LogP contribution in [0.2, 0.25) is 0 Å². The van der Waals surface area contributed by atoms with E-state index < -0.39 is 5.41 Å². The van der Waals surface area contributed by atoms with Crippen molar-refractivity contribution in [2.45, 2.75) is 11.8 Å². The van der Waals surface area contributed by atoms with E-state index in [1.54, 1.807) is 14.2 Å². The molecule has 4 nitrogen and oxygen atoms in total. The van der Waals surface area contributed by atoms with Crippen molar-refractivity contribution in [1.29, 1.82) is 10.5 Å². The molecule has 0 amide bonds.